The average molecular weight is 304 g/mol. The molecule has 0 radical (unpaired) electrons. The molecule has 1 aliphatic heterocycles. The van der Waals surface area contributed by atoms with E-state index in [1.165, 1.54) is 18.2 Å². The summed E-state index contributed by atoms with van der Waals surface area (Å²) in [4.78, 5) is 11.8. The van der Waals surface area contributed by atoms with Crippen LogP contribution in [-0.4, -0.2) is 34.1 Å². The van der Waals surface area contributed by atoms with Crippen LogP contribution in [0.15, 0.2) is 29.2 Å². The van der Waals surface area contributed by atoms with Gasteiger partial charge in [0.25, 0.3) is 15.0 Å². The van der Waals surface area contributed by atoms with Crippen molar-refractivity contribution in [3.8, 4) is 0 Å². The van der Waals surface area contributed by atoms with Gasteiger partial charge in [-0.25, -0.2) is 8.42 Å². The van der Waals surface area contributed by atoms with Crippen LogP contribution in [0.5, 0.6) is 0 Å². The van der Waals surface area contributed by atoms with E-state index in [4.69, 9.17) is 15.4 Å². The molecule has 5 nitrogen and oxygen atoms in total. The predicted octanol–water partition coefficient (Wildman–Crippen LogP) is 1.38. The SMILES string of the molecule is O=C(NCC1CCOC1)c1cccc(S(=O)(=O)Cl)c1. The van der Waals surface area contributed by atoms with Gasteiger partial charge in [-0.2, -0.15) is 0 Å². The number of carbonyl (C=O) groups is 1. The highest BCUT2D eigenvalue weighted by Gasteiger charge is 2.17. The minimum absolute atomic E-state index is 0.0778. The Morgan fingerprint density at radius 3 is 2.89 bits per heavy atom. The molecule has 1 heterocycles. The van der Waals surface area contributed by atoms with Crippen molar-refractivity contribution in [2.75, 3.05) is 19.8 Å². The van der Waals surface area contributed by atoms with E-state index in [-0.39, 0.29) is 16.4 Å². The molecular formula is C12H14ClNO4S. The molecule has 1 aromatic carbocycles. The number of carbonyl (C=O) groups excluding carboxylic acids is 1. The maximum Gasteiger partial charge on any atom is 0.261 e. The van der Waals surface area contributed by atoms with Crippen molar-refractivity contribution in [1.82, 2.24) is 5.32 Å². The summed E-state index contributed by atoms with van der Waals surface area (Å²) in [5, 5.41) is 2.76. The molecule has 2 rings (SSSR count). The number of halogens is 1. The topological polar surface area (TPSA) is 72.5 Å². The molecule has 1 unspecified atom stereocenters. The van der Waals surface area contributed by atoms with Crippen molar-refractivity contribution < 1.29 is 17.9 Å². The van der Waals surface area contributed by atoms with Crippen LogP contribution in [0.4, 0.5) is 0 Å². The van der Waals surface area contributed by atoms with Crippen LogP contribution in [0.1, 0.15) is 16.8 Å². The Balaban J connectivity index is 2.02. The molecule has 0 aliphatic carbocycles. The van der Waals surface area contributed by atoms with Crippen LogP contribution in [0, 0.1) is 5.92 Å². The monoisotopic (exact) mass is 303 g/mol. The molecule has 0 saturated carbocycles. The van der Waals surface area contributed by atoms with Crippen molar-refractivity contribution in [3.05, 3.63) is 29.8 Å². The van der Waals surface area contributed by atoms with Gasteiger partial charge in [-0.15, -0.1) is 0 Å². The van der Waals surface area contributed by atoms with Crippen molar-refractivity contribution in [2.45, 2.75) is 11.3 Å². The minimum Gasteiger partial charge on any atom is -0.381 e. The summed E-state index contributed by atoms with van der Waals surface area (Å²) >= 11 is 0. The van der Waals surface area contributed by atoms with E-state index >= 15 is 0 Å². The summed E-state index contributed by atoms with van der Waals surface area (Å²) in [6.45, 7) is 1.90. The molecule has 19 heavy (non-hydrogen) atoms. The van der Waals surface area contributed by atoms with Crippen molar-refractivity contribution in [1.29, 1.82) is 0 Å². The molecule has 0 bridgehead atoms. The van der Waals surface area contributed by atoms with Crippen molar-refractivity contribution >= 4 is 25.6 Å². The summed E-state index contributed by atoms with van der Waals surface area (Å²) in [5.41, 5.74) is 0.278. The lowest BCUT2D eigenvalue weighted by Crippen LogP contribution is -2.29. The largest absolute Gasteiger partial charge is 0.381 e. The number of hydrogen-bond donors (Lipinski definition) is 1. The van der Waals surface area contributed by atoms with Gasteiger partial charge in [-0.05, 0) is 24.6 Å². The van der Waals surface area contributed by atoms with Gasteiger partial charge in [0.2, 0.25) is 0 Å². The first kappa shape index (κ1) is 14.3. The summed E-state index contributed by atoms with van der Waals surface area (Å²) in [5.74, 6) is 0.0120. The Kier molecular flexibility index (Phi) is 4.44. The first-order valence-corrected chi connectivity index (χ1v) is 8.18. The number of amides is 1. The van der Waals surface area contributed by atoms with Gasteiger partial charge in [0.05, 0.1) is 11.5 Å². The Hall–Kier alpha value is -1.11. The highest BCUT2D eigenvalue weighted by Crippen LogP contribution is 2.16. The summed E-state index contributed by atoms with van der Waals surface area (Å²) < 4.78 is 27.6. The van der Waals surface area contributed by atoms with Crippen molar-refractivity contribution in [3.63, 3.8) is 0 Å². The molecule has 0 spiro atoms. The lowest BCUT2D eigenvalue weighted by molar-refractivity contribution is 0.0945. The van der Waals surface area contributed by atoms with E-state index in [2.05, 4.69) is 5.32 Å². The van der Waals surface area contributed by atoms with Gasteiger partial charge in [0, 0.05) is 35.3 Å². The molecule has 1 atom stereocenters. The zero-order chi connectivity index (χ0) is 13.9. The van der Waals surface area contributed by atoms with Gasteiger partial charge in [0.1, 0.15) is 0 Å². The number of ether oxygens (including phenoxy) is 1. The van der Waals surface area contributed by atoms with Crippen LogP contribution < -0.4 is 5.32 Å². The summed E-state index contributed by atoms with van der Waals surface area (Å²) in [6.07, 6.45) is 0.927. The van der Waals surface area contributed by atoms with E-state index in [1.807, 2.05) is 0 Å². The summed E-state index contributed by atoms with van der Waals surface area (Å²) in [6, 6.07) is 5.65. The molecule has 1 fully saturated rings. The molecule has 1 amide bonds. The highest BCUT2D eigenvalue weighted by atomic mass is 35.7. The normalized spacial score (nSPS) is 19.3. The molecule has 0 aromatic heterocycles. The smallest absolute Gasteiger partial charge is 0.261 e. The van der Waals surface area contributed by atoms with Gasteiger partial charge in [0.15, 0.2) is 0 Å². The van der Waals surface area contributed by atoms with E-state index in [0.29, 0.717) is 19.1 Å². The first-order chi connectivity index (χ1) is 8.97. The fourth-order valence-electron chi connectivity index (χ4n) is 1.87. The second-order valence-electron chi connectivity index (χ2n) is 4.41. The van der Waals surface area contributed by atoms with Crippen LogP contribution >= 0.6 is 10.7 Å². The third-order valence-corrected chi connectivity index (χ3v) is 4.30. The zero-order valence-electron chi connectivity index (χ0n) is 10.1. The Morgan fingerprint density at radius 2 is 2.26 bits per heavy atom. The maximum atomic E-state index is 11.9. The van der Waals surface area contributed by atoms with Crippen molar-refractivity contribution in [2.24, 2.45) is 5.92 Å². The van der Waals surface area contributed by atoms with Gasteiger partial charge in [-0.3, -0.25) is 4.79 Å². The second-order valence-corrected chi connectivity index (χ2v) is 6.97. The lowest BCUT2D eigenvalue weighted by Gasteiger charge is -2.09. The van der Waals surface area contributed by atoms with Gasteiger partial charge < -0.3 is 10.1 Å². The quantitative estimate of drug-likeness (QED) is 0.853. The average Bonchev–Trinajstić information content (AvgIpc) is 2.88. The van der Waals surface area contributed by atoms with E-state index in [1.54, 1.807) is 6.07 Å². The number of benzene rings is 1. The number of rotatable bonds is 4. The molecule has 1 N–H and O–H groups in total. The van der Waals surface area contributed by atoms with Crippen LogP contribution in [0.2, 0.25) is 0 Å². The number of hydrogen-bond acceptors (Lipinski definition) is 4. The molecule has 104 valence electrons. The molecular weight excluding hydrogens is 290 g/mol. The molecule has 1 saturated heterocycles. The second kappa shape index (κ2) is 5.90. The predicted molar refractivity (Wildman–Crippen MR) is 70.7 cm³/mol. The Morgan fingerprint density at radius 1 is 1.47 bits per heavy atom. The first-order valence-electron chi connectivity index (χ1n) is 5.87. The molecule has 1 aromatic rings. The van der Waals surface area contributed by atoms with Crippen LogP contribution in [0.25, 0.3) is 0 Å². The van der Waals surface area contributed by atoms with E-state index in [9.17, 15) is 13.2 Å². The lowest BCUT2D eigenvalue weighted by atomic mass is 10.1. The number of nitrogens with one attached hydrogen (secondary N) is 1. The summed E-state index contributed by atoms with van der Waals surface area (Å²) in [7, 11) is 1.42. The van der Waals surface area contributed by atoms with Gasteiger partial charge >= 0.3 is 0 Å². The molecule has 1 aliphatic rings. The third-order valence-electron chi connectivity index (χ3n) is 2.95. The van der Waals surface area contributed by atoms with E-state index < -0.39 is 9.05 Å². The fraction of sp³-hybridized carbons (Fsp3) is 0.417. The fourth-order valence-corrected chi connectivity index (χ4v) is 2.67. The van der Waals surface area contributed by atoms with Crippen LogP contribution in [-0.2, 0) is 13.8 Å². The van der Waals surface area contributed by atoms with Gasteiger partial charge in [-0.1, -0.05) is 6.07 Å². The molecule has 7 heteroatoms. The minimum atomic E-state index is -3.82. The standard InChI is InChI=1S/C12H14ClNO4S/c13-19(16,17)11-3-1-2-10(6-11)12(15)14-7-9-4-5-18-8-9/h1-3,6,9H,4-5,7-8H2,(H,14,15). The van der Waals surface area contributed by atoms with E-state index in [0.717, 1.165) is 13.0 Å². The van der Waals surface area contributed by atoms with Crippen LogP contribution in [0.3, 0.4) is 0 Å². The Labute approximate surface area is 116 Å². The third kappa shape index (κ3) is 3.92. The highest BCUT2D eigenvalue weighted by molar-refractivity contribution is 8.13. The maximum absolute atomic E-state index is 11.9. The zero-order valence-corrected chi connectivity index (χ0v) is 11.7. The Bertz CT molecular complexity index is 567.